The topological polar surface area (TPSA) is 80.9 Å². The molecule has 7 heteroatoms. The average molecular weight is 598 g/mol. The summed E-state index contributed by atoms with van der Waals surface area (Å²) in [6.45, 7) is 13.0. The van der Waals surface area contributed by atoms with Crippen molar-refractivity contribution >= 4 is 61.5 Å². The fourth-order valence-corrected chi connectivity index (χ4v) is 7.02. The Kier molecular flexibility index (Phi) is 7.43. The predicted molar refractivity (Wildman–Crippen MR) is 194 cm³/mol. The lowest BCUT2D eigenvalue weighted by Gasteiger charge is -2.24. The third-order valence-electron chi connectivity index (χ3n) is 9.94. The molecule has 0 aliphatic heterocycles. The second-order valence-electron chi connectivity index (χ2n) is 12.5. The van der Waals surface area contributed by atoms with Gasteiger partial charge in [0, 0.05) is 22.3 Å². The molecule has 0 atom stereocenters. The Bertz CT molecular complexity index is 2250. The minimum absolute atomic E-state index is 0.163. The Morgan fingerprint density at radius 1 is 0.391 bits per heavy atom. The molecule has 6 aromatic rings. The van der Waals surface area contributed by atoms with E-state index in [9.17, 15) is 20.4 Å². The summed E-state index contributed by atoms with van der Waals surface area (Å²) in [7, 11) is 19.4. The van der Waals surface area contributed by atoms with Gasteiger partial charge in [0.15, 0.2) is 23.0 Å². The van der Waals surface area contributed by atoms with E-state index in [2.05, 4.69) is 0 Å². The SMILES string of the molecule is [B]c1c([B])c(C)c(-c2ccc3c(-c4c(C)c(C)c(C)c(O)c4O)c4ccccc4c(-c4c(C)cc(C)c(O)c4O)c3c2)c([B])c1C. The number of hydrogen-bond donors (Lipinski definition) is 4. The molecule has 46 heavy (non-hydrogen) atoms. The summed E-state index contributed by atoms with van der Waals surface area (Å²) in [5, 5.41) is 48.1. The second kappa shape index (κ2) is 10.9. The zero-order valence-electron chi connectivity index (χ0n) is 27.1. The zero-order valence-corrected chi connectivity index (χ0v) is 27.1. The van der Waals surface area contributed by atoms with E-state index in [1.165, 1.54) is 0 Å². The monoisotopic (exact) mass is 598 g/mol. The summed E-state index contributed by atoms with van der Waals surface area (Å²) in [4.78, 5) is 0. The third kappa shape index (κ3) is 4.32. The van der Waals surface area contributed by atoms with Crippen LogP contribution >= 0.6 is 0 Å². The van der Waals surface area contributed by atoms with Crippen molar-refractivity contribution in [2.24, 2.45) is 0 Å². The van der Waals surface area contributed by atoms with Crippen molar-refractivity contribution in [3.8, 4) is 56.4 Å². The van der Waals surface area contributed by atoms with Gasteiger partial charge >= 0.3 is 0 Å². The minimum atomic E-state index is -0.215. The molecule has 0 saturated heterocycles. The molecule has 0 unspecified atom stereocenters. The van der Waals surface area contributed by atoms with Crippen LogP contribution in [0.2, 0.25) is 0 Å². The normalized spacial score (nSPS) is 11.5. The number of benzene rings is 6. The molecule has 0 spiro atoms. The van der Waals surface area contributed by atoms with Crippen LogP contribution in [0.1, 0.15) is 38.9 Å². The first-order valence-corrected chi connectivity index (χ1v) is 15.2. The van der Waals surface area contributed by atoms with Gasteiger partial charge in [0.05, 0.1) is 0 Å². The maximum Gasteiger partial charge on any atom is 0.166 e. The van der Waals surface area contributed by atoms with Crippen LogP contribution in [0.5, 0.6) is 23.0 Å². The van der Waals surface area contributed by atoms with Gasteiger partial charge < -0.3 is 20.4 Å². The number of phenols is 4. The number of aryl methyl sites for hydroxylation is 2. The summed E-state index contributed by atoms with van der Waals surface area (Å²) in [5.41, 5.74) is 10.6. The molecule has 0 bridgehead atoms. The smallest absolute Gasteiger partial charge is 0.166 e. The lowest BCUT2D eigenvalue weighted by atomic mass is 9.67. The maximum absolute atomic E-state index is 11.5. The van der Waals surface area contributed by atoms with Crippen LogP contribution in [0.4, 0.5) is 0 Å². The van der Waals surface area contributed by atoms with Crippen LogP contribution in [-0.2, 0) is 0 Å². The Morgan fingerprint density at radius 2 is 0.935 bits per heavy atom. The van der Waals surface area contributed by atoms with Gasteiger partial charge in [-0.15, -0.1) is 5.46 Å². The second-order valence-corrected chi connectivity index (χ2v) is 12.5. The largest absolute Gasteiger partial charge is 0.504 e. The Morgan fingerprint density at radius 3 is 1.57 bits per heavy atom. The highest BCUT2D eigenvalue weighted by atomic mass is 16.3. The Balaban J connectivity index is 1.90. The molecule has 6 rings (SSSR count). The number of rotatable bonds is 3. The van der Waals surface area contributed by atoms with Gasteiger partial charge in [-0.05, 0) is 115 Å². The van der Waals surface area contributed by atoms with Crippen LogP contribution in [0.3, 0.4) is 0 Å². The molecule has 0 saturated carbocycles. The maximum atomic E-state index is 11.5. The van der Waals surface area contributed by atoms with Crippen LogP contribution in [-0.4, -0.2) is 44.0 Å². The van der Waals surface area contributed by atoms with Crippen molar-refractivity contribution in [1.29, 1.82) is 0 Å². The first-order valence-electron chi connectivity index (χ1n) is 15.2. The lowest BCUT2D eigenvalue weighted by molar-refractivity contribution is 0.402. The lowest BCUT2D eigenvalue weighted by Crippen LogP contribution is -2.37. The highest BCUT2D eigenvalue weighted by Gasteiger charge is 2.27. The van der Waals surface area contributed by atoms with Crippen molar-refractivity contribution in [2.45, 2.75) is 48.5 Å². The number of phenolic OH excluding ortho intramolecular Hbond substituents is 4. The van der Waals surface area contributed by atoms with Gasteiger partial charge in [0.25, 0.3) is 0 Å². The highest BCUT2D eigenvalue weighted by molar-refractivity contribution is 6.53. The molecule has 6 aromatic carbocycles. The summed E-state index contributed by atoms with van der Waals surface area (Å²) >= 11 is 0. The molecular formula is C39H33B3O4. The molecule has 0 aliphatic carbocycles. The molecule has 0 aromatic heterocycles. The summed E-state index contributed by atoms with van der Waals surface area (Å²) in [6, 6.07) is 15.6. The van der Waals surface area contributed by atoms with Crippen LogP contribution < -0.4 is 16.4 Å². The number of aromatic hydroxyl groups is 4. The number of fused-ring (bicyclic) bond motifs is 2. The summed E-state index contributed by atoms with van der Waals surface area (Å²) < 4.78 is 0. The summed E-state index contributed by atoms with van der Waals surface area (Å²) in [5.74, 6) is -0.761. The fourth-order valence-electron chi connectivity index (χ4n) is 7.02. The molecule has 222 valence electrons. The average Bonchev–Trinajstić information content (AvgIpc) is 3.04. The van der Waals surface area contributed by atoms with Gasteiger partial charge in [0.2, 0.25) is 0 Å². The Hall–Kier alpha value is -4.77. The quantitative estimate of drug-likeness (QED) is 0.109. The van der Waals surface area contributed by atoms with Gasteiger partial charge in [-0.1, -0.05) is 64.5 Å². The van der Waals surface area contributed by atoms with E-state index in [-0.39, 0.29) is 23.0 Å². The van der Waals surface area contributed by atoms with Crippen molar-refractivity contribution in [3.63, 3.8) is 0 Å². The van der Waals surface area contributed by atoms with Gasteiger partial charge in [-0.25, -0.2) is 0 Å². The van der Waals surface area contributed by atoms with E-state index in [1.54, 1.807) is 13.8 Å². The molecule has 4 N–H and O–H groups in total. The van der Waals surface area contributed by atoms with Crippen molar-refractivity contribution in [1.82, 2.24) is 0 Å². The number of hydrogen-bond acceptors (Lipinski definition) is 4. The van der Waals surface area contributed by atoms with Crippen molar-refractivity contribution < 1.29 is 20.4 Å². The minimum Gasteiger partial charge on any atom is -0.504 e. The van der Waals surface area contributed by atoms with E-state index < -0.39 is 0 Å². The summed E-state index contributed by atoms with van der Waals surface area (Å²) in [6.07, 6.45) is 0. The van der Waals surface area contributed by atoms with Crippen LogP contribution in [0, 0.1) is 48.5 Å². The van der Waals surface area contributed by atoms with Gasteiger partial charge in [-0.2, -0.15) is 0 Å². The molecular weight excluding hydrogens is 565 g/mol. The molecule has 0 heterocycles. The standard InChI is InChI=1S/C39H33B3O4/c1-16-14-17(2)36(43)38(45)28(16)32-25-11-9-8-10-24(25)31(30-19(4)18(3)20(5)37(44)39(30)46)26-13-12-23(15-27(26)32)29-21(6)34(41)35(42)22(7)33(29)40/h8-15,43-46H,1-7H3. The van der Waals surface area contributed by atoms with E-state index in [4.69, 9.17) is 23.5 Å². The van der Waals surface area contributed by atoms with Crippen LogP contribution in [0.15, 0.2) is 48.5 Å². The molecule has 0 fully saturated rings. The van der Waals surface area contributed by atoms with Crippen molar-refractivity contribution in [3.05, 3.63) is 87.5 Å². The van der Waals surface area contributed by atoms with Gasteiger partial charge in [-0.3, -0.25) is 0 Å². The first-order chi connectivity index (χ1) is 21.7. The van der Waals surface area contributed by atoms with Gasteiger partial charge in [0.1, 0.15) is 23.5 Å². The molecule has 0 amide bonds. The van der Waals surface area contributed by atoms with E-state index in [1.807, 2.05) is 83.1 Å². The molecule has 0 aliphatic rings. The first kappa shape index (κ1) is 31.2. The van der Waals surface area contributed by atoms with Crippen molar-refractivity contribution in [2.75, 3.05) is 0 Å². The molecule has 4 nitrogen and oxygen atoms in total. The highest BCUT2D eigenvalue weighted by Crippen LogP contribution is 2.53. The van der Waals surface area contributed by atoms with Crippen LogP contribution in [0.25, 0.3) is 54.9 Å². The zero-order chi connectivity index (χ0) is 33.5. The Labute approximate surface area is 273 Å². The van der Waals surface area contributed by atoms with E-state index in [0.29, 0.717) is 49.8 Å². The third-order valence-corrected chi connectivity index (χ3v) is 9.94. The van der Waals surface area contributed by atoms with E-state index >= 15 is 0 Å². The predicted octanol–water partition coefficient (Wildman–Crippen LogP) is 6.36. The molecule has 6 radical (unpaired) electrons. The fraction of sp³-hybridized carbons (Fsp3) is 0.179. The van der Waals surface area contributed by atoms with E-state index in [0.717, 1.165) is 60.5 Å².